The molecule has 5 nitrogen and oxygen atoms in total. The Balaban J connectivity index is 2.41. The molecule has 0 atom stereocenters. The molecule has 0 unspecified atom stereocenters. The summed E-state index contributed by atoms with van der Waals surface area (Å²) in [6, 6.07) is 6.91. The van der Waals surface area contributed by atoms with Gasteiger partial charge in [-0.15, -0.1) is 0 Å². The predicted octanol–water partition coefficient (Wildman–Crippen LogP) is 2.31. The van der Waals surface area contributed by atoms with Crippen LogP contribution in [0.15, 0.2) is 40.5 Å². The number of nitrogens with two attached hydrogens (primary N) is 1. The fourth-order valence-electron chi connectivity index (χ4n) is 1.51. The average Bonchev–Trinajstić information content (AvgIpc) is 2.40. The molecule has 0 bridgehead atoms. The lowest BCUT2D eigenvalue weighted by Crippen LogP contribution is -2.05. The minimum atomic E-state index is -0.428. The van der Waals surface area contributed by atoms with Gasteiger partial charge in [0, 0.05) is 17.6 Å². The number of nitrogen functional groups attached to an aromatic ring is 1. The van der Waals surface area contributed by atoms with E-state index in [-0.39, 0.29) is 0 Å². The van der Waals surface area contributed by atoms with Crippen LogP contribution in [0, 0.1) is 6.92 Å². The fourth-order valence-corrected chi connectivity index (χ4v) is 2.44. The third-order valence-corrected chi connectivity index (χ3v) is 3.46. The highest BCUT2D eigenvalue weighted by atomic mass is 32.2. The predicted molar refractivity (Wildman–Crippen MR) is 73.1 cm³/mol. The molecule has 19 heavy (non-hydrogen) atoms. The Labute approximate surface area is 115 Å². The maximum Gasteiger partial charge on any atom is 0.339 e. The summed E-state index contributed by atoms with van der Waals surface area (Å²) in [5, 5.41) is 0.544. The summed E-state index contributed by atoms with van der Waals surface area (Å²) in [5.74, 6) is -0.428. The Kier molecular flexibility index (Phi) is 4.01. The number of ether oxygens (including phenoxy) is 1. The summed E-state index contributed by atoms with van der Waals surface area (Å²) in [7, 11) is 1.34. The molecule has 0 amide bonds. The Morgan fingerprint density at radius 1 is 1.37 bits per heavy atom. The Morgan fingerprint density at radius 3 is 2.84 bits per heavy atom. The summed E-state index contributed by atoms with van der Waals surface area (Å²) in [5.41, 5.74) is 7.68. The first-order valence-corrected chi connectivity index (χ1v) is 6.37. The van der Waals surface area contributed by atoms with E-state index in [0.29, 0.717) is 21.3 Å². The molecule has 0 saturated heterocycles. The molecule has 6 heteroatoms. The molecule has 0 radical (unpaired) electrons. The van der Waals surface area contributed by atoms with Gasteiger partial charge in [-0.2, -0.15) is 0 Å². The number of nitrogens with zero attached hydrogens (tertiary/aromatic N) is 2. The molecule has 2 rings (SSSR count). The van der Waals surface area contributed by atoms with Crippen molar-refractivity contribution in [1.82, 2.24) is 9.97 Å². The molecular formula is C13H13N3O2S. The highest BCUT2D eigenvalue weighted by molar-refractivity contribution is 7.99. The second-order valence-electron chi connectivity index (χ2n) is 3.80. The number of hydrogen-bond donors (Lipinski definition) is 1. The number of carbonyl (C=O) groups is 1. The highest BCUT2D eigenvalue weighted by Gasteiger charge is 2.16. The molecule has 0 aliphatic rings. The lowest BCUT2D eigenvalue weighted by atomic mass is 10.2. The van der Waals surface area contributed by atoms with E-state index in [1.807, 2.05) is 6.92 Å². The zero-order chi connectivity index (χ0) is 13.8. The number of carbonyl (C=O) groups excluding carboxylic acids is 1. The zero-order valence-corrected chi connectivity index (χ0v) is 11.4. The molecule has 0 aliphatic heterocycles. The van der Waals surface area contributed by atoms with Crippen molar-refractivity contribution < 1.29 is 9.53 Å². The van der Waals surface area contributed by atoms with Crippen LogP contribution in [0.2, 0.25) is 0 Å². The minimum Gasteiger partial charge on any atom is -0.465 e. The maximum absolute atomic E-state index is 11.7. The first-order chi connectivity index (χ1) is 9.11. The fraction of sp³-hybridized carbons (Fsp3) is 0.154. The van der Waals surface area contributed by atoms with E-state index in [1.165, 1.54) is 18.9 Å². The second kappa shape index (κ2) is 5.71. The quantitative estimate of drug-likeness (QED) is 0.526. The SMILES string of the molecule is COC(=O)c1cccc(N)c1Sc1nccc(C)n1. The lowest BCUT2D eigenvalue weighted by Gasteiger charge is -2.09. The summed E-state index contributed by atoms with van der Waals surface area (Å²) in [6.45, 7) is 1.88. The number of methoxy groups -OCH3 is 1. The number of anilines is 1. The molecular weight excluding hydrogens is 262 g/mol. The second-order valence-corrected chi connectivity index (χ2v) is 4.78. The van der Waals surface area contributed by atoms with E-state index in [1.54, 1.807) is 30.5 Å². The molecule has 2 N–H and O–H groups in total. The summed E-state index contributed by atoms with van der Waals surface area (Å²) in [4.78, 5) is 20.7. The van der Waals surface area contributed by atoms with Gasteiger partial charge in [-0.25, -0.2) is 14.8 Å². The van der Waals surface area contributed by atoms with Gasteiger partial charge in [-0.1, -0.05) is 6.07 Å². The van der Waals surface area contributed by atoms with E-state index in [9.17, 15) is 4.79 Å². The van der Waals surface area contributed by atoms with Crippen LogP contribution in [0.3, 0.4) is 0 Å². The van der Waals surface area contributed by atoms with E-state index in [2.05, 4.69) is 9.97 Å². The van der Waals surface area contributed by atoms with E-state index in [0.717, 1.165) is 5.69 Å². The van der Waals surface area contributed by atoms with E-state index < -0.39 is 5.97 Å². The first kappa shape index (κ1) is 13.4. The third kappa shape index (κ3) is 3.03. The molecule has 1 heterocycles. The monoisotopic (exact) mass is 275 g/mol. The van der Waals surface area contributed by atoms with E-state index in [4.69, 9.17) is 10.5 Å². The summed E-state index contributed by atoms with van der Waals surface area (Å²) < 4.78 is 4.74. The van der Waals surface area contributed by atoms with Crippen molar-refractivity contribution in [2.75, 3.05) is 12.8 Å². The summed E-state index contributed by atoms with van der Waals surface area (Å²) >= 11 is 1.25. The Morgan fingerprint density at radius 2 is 2.16 bits per heavy atom. The molecule has 0 saturated carbocycles. The van der Waals surface area contributed by atoms with Gasteiger partial charge in [0.2, 0.25) is 0 Å². The first-order valence-electron chi connectivity index (χ1n) is 5.56. The molecule has 0 fully saturated rings. The number of rotatable bonds is 3. The molecule has 98 valence electrons. The number of hydrogen-bond acceptors (Lipinski definition) is 6. The van der Waals surface area contributed by atoms with Crippen molar-refractivity contribution in [2.45, 2.75) is 17.0 Å². The number of esters is 1. The average molecular weight is 275 g/mol. The topological polar surface area (TPSA) is 78.1 Å². The van der Waals surface area contributed by atoms with Crippen molar-refractivity contribution >= 4 is 23.4 Å². The molecule has 0 spiro atoms. The van der Waals surface area contributed by atoms with Crippen LogP contribution in [-0.2, 0) is 4.74 Å². The number of aryl methyl sites for hydroxylation is 1. The minimum absolute atomic E-state index is 0.414. The largest absolute Gasteiger partial charge is 0.465 e. The van der Waals surface area contributed by atoms with Crippen LogP contribution < -0.4 is 5.73 Å². The number of aromatic nitrogens is 2. The van der Waals surface area contributed by atoms with E-state index >= 15 is 0 Å². The standard InChI is InChI=1S/C13H13N3O2S/c1-8-6-7-15-13(16-8)19-11-9(12(17)18-2)4-3-5-10(11)14/h3-7H,14H2,1-2H3. The Bertz CT molecular complexity index is 617. The van der Waals surface area contributed by atoms with Gasteiger partial charge in [0.25, 0.3) is 0 Å². The maximum atomic E-state index is 11.7. The van der Waals surface area contributed by atoms with Crippen molar-refractivity contribution in [3.05, 3.63) is 41.7 Å². The van der Waals surface area contributed by atoms with Crippen LogP contribution in [0.1, 0.15) is 16.1 Å². The third-order valence-electron chi connectivity index (χ3n) is 2.42. The van der Waals surface area contributed by atoms with Crippen molar-refractivity contribution in [1.29, 1.82) is 0 Å². The number of benzene rings is 1. The van der Waals surface area contributed by atoms with Crippen LogP contribution in [0.25, 0.3) is 0 Å². The van der Waals surface area contributed by atoms with Gasteiger partial charge in [-0.3, -0.25) is 0 Å². The van der Waals surface area contributed by atoms with Crippen molar-refractivity contribution in [2.24, 2.45) is 0 Å². The van der Waals surface area contributed by atoms with Crippen LogP contribution >= 0.6 is 11.8 Å². The zero-order valence-electron chi connectivity index (χ0n) is 10.6. The van der Waals surface area contributed by atoms with Crippen LogP contribution in [0.4, 0.5) is 5.69 Å². The molecule has 1 aromatic carbocycles. The molecule has 1 aromatic heterocycles. The molecule has 0 aliphatic carbocycles. The van der Waals surface area contributed by atoms with Gasteiger partial charge < -0.3 is 10.5 Å². The van der Waals surface area contributed by atoms with Gasteiger partial charge in [0.05, 0.1) is 17.6 Å². The normalized spacial score (nSPS) is 10.2. The van der Waals surface area contributed by atoms with Crippen molar-refractivity contribution in [3.63, 3.8) is 0 Å². The summed E-state index contributed by atoms with van der Waals surface area (Å²) in [6.07, 6.45) is 1.67. The van der Waals surface area contributed by atoms with Gasteiger partial charge >= 0.3 is 5.97 Å². The van der Waals surface area contributed by atoms with Gasteiger partial charge in [0.1, 0.15) is 0 Å². The smallest absolute Gasteiger partial charge is 0.339 e. The highest BCUT2D eigenvalue weighted by Crippen LogP contribution is 2.33. The van der Waals surface area contributed by atoms with Gasteiger partial charge in [-0.05, 0) is 36.9 Å². The molecule has 2 aromatic rings. The lowest BCUT2D eigenvalue weighted by molar-refractivity contribution is 0.0597. The van der Waals surface area contributed by atoms with Crippen LogP contribution in [-0.4, -0.2) is 23.0 Å². The van der Waals surface area contributed by atoms with Gasteiger partial charge in [0.15, 0.2) is 5.16 Å². The van der Waals surface area contributed by atoms with Crippen LogP contribution in [0.5, 0.6) is 0 Å². The van der Waals surface area contributed by atoms with Crippen molar-refractivity contribution in [3.8, 4) is 0 Å². The Hall–Kier alpha value is -2.08.